The number of aliphatic hydroxyl groups excluding tert-OH is 3. The van der Waals surface area contributed by atoms with E-state index in [4.69, 9.17) is 28.3 Å². The smallest absolute Gasteiger partial charge is 0.307 e. The van der Waals surface area contributed by atoms with Crippen LogP contribution in [0.3, 0.4) is 0 Å². The third kappa shape index (κ3) is 9.07. The number of nitrogens with zero attached hydrogens (tertiary/aromatic N) is 3. The molecule has 1 saturated heterocycles. The Hall–Kier alpha value is -6.50. The average molecular weight is 969 g/mol. The van der Waals surface area contributed by atoms with Gasteiger partial charge in [-0.2, -0.15) is 0 Å². The molecule has 18 heteroatoms. The van der Waals surface area contributed by atoms with Gasteiger partial charge in [0.25, 0.3) is 5.91 Å². The molecule has 3 aromatic carbocycles. The number of phenolic OH excluding ortho intramolecular Hbond substituents is 1. The Kier molecular flexibility index (Phi) is 14.2. The van der Waals surface area contributed by atoms with E-state index in [9.17, 15) is 44.4 Å². The summed E-state index contributed by atoms with van der Waals surface area (Å²) in [4.78, 5) is 76.4. The summed E-state index contributed by atoms with van der Waals surface area (Å²) in [6.07, 6.45) is 4.68. The van der Waals surface area contributed by atoms with Crippen molar-refractivity contribution in [2.75, 3.05) is 37.5 Å². The van der Waals surface area contributed by atoms with Crippen LogP contribution in [0.25, 0.3) is 38.7 Å². The third-order valence-corrected chi connectivity index (χ3v) is 14.9. The highest BCUT2D eigenvalue weighted by Gasteiger charge is 2.44. The van der Waals surface area contributed by atoms with Gasteiger partial charge in [-0.25, -0.2) is 4.98 Å². The number of esters is 1. The SMILES string of the molecule is CO[C@H]1/C=C/O[C@@]2(C)Oc3c(C)c(O)c4c(=O)c(c5oc6cc(N7CCC(C)(N(C)C(C)=O)CC7)cc(=O)c6nc5c4c3=C2O)NC(=O)/C(C)=C\C=C\[C@H](C)[C@H](O)[C@@H](C)[C@@H](O)[C@@H](C)[C@H](OC(C)=O)[C@@H]1C. The lowest BCUT2D eigenvalue weighted by atomic mass is 9.78. The summed E-state index contributed by atoms with van der Waals surface area (Å²) in [5.41, 5.74) is -2.17. The maximum Gasteiger partial charge on any atom is 0.307 e. The van der Waals surface area contributed by atoms with Crippen molar-refractivity contribution < 1.29 is 58.2 Å². The molecule has 0 spiro atoms. The van der Waals surface area contributed by atoms with Gasteiger partial charge in [0.15, 0.2) is 22.4 Å². The summed E-state index contributed by atoms with van der Waals surface area (Å²) in [6, 6.07) is 3.04. The Labute approximate surface area is 404 Å². The van der Waals surface area contributed by atoms with Crippen molar-refractivity contribution in [3.8, 4) is 11.5 Å². The number of hydrogen-bond donors (Lipinski definition) is 5. The number of carbonyl (C=O) groups is 3. The van der Waals surface area contributed by atoms with E-state index in [2.05, 4.69) is 5.32 Å². The molecular formula is C52H64N4O14. The van der Waals surface area contributed by atoms with Crippen LogP contribution in [0.2, 0.25) is 0 Å². The molecule has 3 aliphatic rings. The molecule has 4 heterocycles. The number of rotatable bonds is 4. The first-order valence-electron chi connectivity index (χ1n) is 23.5. The molecule has 4 bridgehead atoms. The van der Waals surface area contributed by atoms with E-state index in [1.165, 1.54) is 66.2 Å². The van der Waals surface area contributed by atoms with Crippen molar-refractivity contribution >= 4 is 67.9 Å². The molecule has 1 fully saturated rings. The van der Waals surface area contributed by atoms with E-state index < -0.39 is 99.3 Å². The van der Waals surface area contributed by atoms with E-state index in [0.717, 1.165) is 0 Å². The Morgan fingerprint density at radius 3 is 2.23 bits per heavy atom. The van der Waals surface area contributed by atoms with Crippen LogP contribution in [0.15, 0.2) is 62.3 Å². The number of aromatic hydroxyl groups is 1. The molecule has 9 atom stereocenters. The summed E-state index contributed by atoms with van der Waals surface area (Å²) in [6.45, 7) is 17.1. The summed E-state index contributed by atoms with van der Waals surface area (Å²) < 4.78 is 30.5. The molecule has 376 valence electrons. The van der Waals surface area contributed by atoms with E-state index in [-0.39, 0.29) is 61.0 Å². The Morgan fingerprint density at radius 2 is 1.60 bits per heavy atom. The van der Waals surface area contributed by atoms with E-state index >= 15 is 0 Å². The number of piperidine rings is 1. The molecule has 0 unspecified atom stereocenters. The number of phenols is 1. The lowest BCUT2D eigenvalue weighted by Crippen LogP contribution is -2.53. The number of ether oxygens (including phenoxy) is 4. The Balaban J connectivity index is 1.46. The molecule has 5 N–H and O–H groups in total. The molecule has 0 saturated carbocycles. The van der Waals surface area contributed by atoms with Crippen molar-refractivity contribution in [1.82, 2.24) is 9.88 Å². The number of allylic oxidation sites excluding steroid dienone is 2. The Morgan fingerprint density at radius 1 is 0.929 bits per heavy atom. The van der Waals surface area contributed by atoms with E-state index in [1.807, 2.05) is 11.8 Å². The standard InChI is InChI=1S/C52H64N4O14/c1-24-14-13-15-25(2)50(65)54-41-45(63)37-36(40-48(41)69-35-23-32(22-33(59)39(35)53-40)56-19-17-51(9,18-20-56)55(11)30(7)57)38-47(29(6)44(37)62)70-52(10,49(38)64)67-21-16-34(66-12)26(3)46(68-31(8)58)28(5)43(61)27(4)42(24)60/h13-16,21-24,26-28,34,42-43,46,60-62,64H,17-20H2,1-12H3,(H,54,65)/b14-13+,21-16+,25-15-/t24-,26+,27+,28+,34-,42-,43+,46+,52-/m0/s1. The average Bonchev–Trinajstić information content (AvgIpc) is 3.58. The molecule has 3 aliphatic heterocycles. The number of aliphatic hydroxyl groups is 3. The molecule has 4 aromatic rings. The van der Waals surface area contributed by atoms with Crippen LogP contribution in [-0.4, -0.2) is 111 Å². The molecular weight excluding hydrogens is 905 g/mol. The number of aromatic nitrogens is 1. The summed E-state index contributed by atoms with van der Waals surface area (Å²) >= 11 is 0. The van der Waals surface area contributed by atoms with Gasteiger partial charge in [-0.15, -0.1) is 0 Å². The van der Waals surface area contributed by atoms with E-state index in [1.54, 1.807) is 57.9 Å². The second kappa shape index (κ2) is 19.4. The highest BCUT2D eigenvalue weighted by molar-refractivity contribution is 6.17. The maximum absolute atomic E-state index is 14.9. The monoisotopic (exact) mass is 968 g/mol. The second-order valence-electron chi connectivity index (χ2n) is 19.6. The van der Waals surface area contributed by atoms with Crippen molar-refractivity contribution in [2.45, 2.75) is 118 Å². The zero-order chi connectivity index (χ0) is 51.5. The van der Waals surface area contributed by atoms with Crippen LogP contribution in [-0.2, 0) is 28.6 Å². The normalized spacial score (nSPS) is 29.3. The van der Waals surface area contributed by atoms with Gasteiger partial charge in [-0.3, -0.25) is 24.0 Å². The molecule has 0 radical (unpaired) electrons. The van der Waals surface area contributed by atoms with Crippen LogP contribution in [0.4, 0.5) is 11.4 Å². The fourth-order valence-electron chi connectivity index (χ4n) is 10.0. The van der Waals surface area contributed by atoms with Crippen LogP contribution in [0.1, 0.15) is 80.7 Å². The minimum Gasteiger partial charge on any atom is -0.507 e. The van der Waals surface area contributed by atoms with Crippen LogP contribution in [0.5, 0.6) is 11.5 Å². The number of methoxy groups -OCH3 is 1. The predicted molar refractivity (Wildman–Crippen MR) is 263 cm³/mol. The first kappa shape index (κ1) is 51.4. The number of hydrogen-bond acceptors (Lipinski definition) is 16. The topological polar surface area (TPSA) is 248 Å². The van der Waals surface area contributed by atoms with E-state index in [0.29, 0.717) is 31.6 Å². The minimum atomic E-state index is -2.01. The molecule has 1 aromatic heterocycles. The highest BCUT2D eigenvalue weighted by Crippen LogP contribution is 2.43. The fraction of sp³-hybridized carbons (Fsp3) is 0.500. The third-order valence-electron chi connectivity index (χ3n) is 14.9. The van der Waals surface area contributed by atoms with Gasteiger partial charge in [0.05, 0.1) is 35.2 Å². The summed E-state index contributed by atoms with van der Waals surface area (Å²) in [7, 11) is 3.21. The van der Waals surface area contributed by atoms with Crippen molar-refractivity contribution in [3.05, 3.63) is 79.5 Å². The lowest BCUT2D eigenvalue weighted by molar-refractivity contribution is -0.160. The van der Waals surface area contributed by atoms with Gasteiger partial charge < -0.3 is 58.9 Å². The molecule has 7 rings (SSSR count). The summed E-state index contributed by atoms with van der Waals surface area (Å²) in [5.74, 6) is -7.16. The van der Waals surface area contributed by atoms with Crippen molar-refractivity contribution in [1.29, 1.82) is 0 Å². The summed E-state index contributed by atoms with van der Waals surface area (Å²) in [5, 5.41) is 49.3. The molecule has 2 amide bonds. The van der Waals surface area contributed by atoms with Crippen LogP contribution in [0, 0.1) is 30.6 Å². The lowest BCUT2D eigenvalue weighted by Gasteiger charge is -2.45. The first-order valence-corrected chi connectivity index (χ1v) is 23.5. The van der Waals surface area contributed by atoms with Crippen LogP contribution >= 0.6 is 0 Å². The number of benzene rings is 3. The first-order chi connectivity index (χ1) is 32.8. The largest absolute Gasteiger partial charge is 0.507 e. The minimum absolute atomic E-state index is 0.0170. The number of fused-ring (bicyclic) bond motifs is 2. The van der Waals surface area contributed by atoms with Gasteiger partial charge >= 0.3 is 11.8 Å². The molecule has 70 heavy (non-hydrogen) atoms. The zero-order valence-electron chi connectivity index (χ0n) is 41.7. The molecule has 18 nitrogen and oxygen atoms in total. The van der Waals surface area contributed by atoms with Crippen LogP contribution < -0.4 is 31.0 Å². The molecule has 0 aliphatic carbocycles. The number of anilines is 2. The van der Waals surface area contributed by atoms with Gasteiger partial charge in [-0.05, 0) is 39.7 Å². The Bertz CT molecular complexity index is 3050. The number of nitrogens with one attached hydrogen (secondary N) is 1. The van der Waals surface area contributed by atoms with Gasteiger partial charge in [0.2, 0.25) is 16.8 Å². The quantitative estimate of drug-likeness (QED) is 0.0976. The van der Waals surface area contributed by atoms with Gasteiger partial charge in [0.1, 0.15) is 28.8 Å². The van der Waals surface area contributed by atoms with Crippen molar-refractivity contribution in [3.63, 3.8) is 0 Å². The fourth-order valence-corrected chi connectivity index (χ4v) is 10.0. The number of amides is 2. The second-order valence-corrected chi connectivity index (χ2v) is 19.6. The highest BCUT2D eigenvalue weighted by atomic mass is 16.7. The number of carbonyl (C=O) groups excluding carboxylic acids is 3. The van der Waals surface area contributed by atoms with Gasteiger partial charge in [0, 0.05) is 112 Å². The predicted octanol–water partition coefficient (Wildman–Crippen LogP) is 5.40. The zero-order valence-corrected chi connectivity index (χ0v) is 41.7. The van der Waals surface area contributed by atoms with Gasteiger partial charge in [-0.1, -0.05) is 45.9 Å². The maximum atomic E-state index is 14.9. The van der Waals surface area contributed by atoms with Crippen molar-refractivity contribution in [2.24, 2.45) is 23.7 Å².